The quantitative estimate of drug-likeness (QED) is 0.629. The van der Waals surface area contributed by atoms with Crippen LogP contribution in [-0.2, 0) is 13.0 Å². The number of Topliss-reactive ketones (excluding diaryl/α,β-unsaturated/α-hetero) is 1. The first kappa shape index (κ1) is 20.2. The van der Waals surface area contributed by atoms with Crippen molar-refractivity contribution in [1.29, 1.82) is 0 Å². The van der Waals surface area contributed by atoms with Gasteiger partial charge in [0.05, 0.1) is 17.1 Å². The predicted molar refractivity (Wildman–Crippen MR) is 123 cm³/mol. The summed E-state index contributed by atoms with van der Waals surface area (Å²) in [6.07, 6.45) is 3.45. The first-order valence-corrected chi connectivity index (χ1v) is 11.3. The summed E-state index contributed by atoms with van der Waals surface area (Å²) in [6, 6.07) is 10.8. The molecule has 6 nitrogen and oxygen atoms in total. The van der Waals surface area contributed by atoms with Crippen LogP contribution in [0.3, 0.4) is 0 Å². The second kappa shape index (κ2) is 8.09. The third-order valence-corrected chi connectivity index (χ3v) is 6.90. The molecule has 0 aliphatic carbocycles. The Morgan fingerprint density at radius 2 is 1.84 bits per heavy atom. The van der Waals surface area contributed by atoms with Gasteiger partial charge in [-0.3, -0.25) is 9.69 Å². The van der Waals surface area contributed by atoms with Gasteiger partial charge in [0.2, 0.25) is 0 Å². The molecule has 3 aromatic rings. The van der Waals surface area contributed by atoms with Crippen molar-refractivity contribution in [3.8, 4) is 22.6 Å². The lowest BCUT2D eigenvalue weighted by molar-refractivity contribution is 0.101. The van der Waals surface area contributed by atoms with Crippen LogP contribution in [0.5, 0.6) is 0 Å². The molecule has 0 radical (unpaired) electrons. The van der Waals surface area contributed by atoms with E-state index in [1.807, 2.05) is 25.1 Å². The zero-order valence-electron chi connectivity index (χ0n) is 18.7. The number of hydrogen-bond donors (Lipinski definition) is 2. The van der Waals surface area contributed by atoms with Gasteiger partial charge in [0, 0.05) is 42.4 Å². The topological polar surface area (TPSA) is 68.0 Å². The average Bonchev–Trinajstić information content (AvgIpc) is 3.35. The summed E-state index contributed by atoms with van der Waals surface area (Å²) < 4.78 is 0. The number of aromatic amines is 2. The number of H-pyrrole nitrogens is 2. The second-order valence-corrected chi connectivity index (χ2v) is 9.06. The Morgan fingerprint density at radius 1 is 1.10 bits per heavy atom. The third-order valence-electron chi connectivity index (χ3n) is 6.90. The fourth-order valence-corrected chi connectivity index (χ4v) is 5.24. The average molecular weight is 418 g/mol. The molecule has 2 N–H and O–H groups in total. The molecule has 0 saturated carbocycles. The minimum atomic E-state index is 0.0728. The number of piperidine rings is 1. The molecule has 5 rings (SSSR count). The zero-order valence-corrected chi connectivity index (χ0v) is 18.7. The fraction of sp³-hybridized carbons (Fsp3) is 0.440. The van der Waals surface area contributed by atoms with Crippen molar-refractivity contribution in [1.82, 2.24) is 24.8 Å². The molecule has 2 aromatic heterocycles. The highest BCUT2D eigenvalue weighted by Crippen LogP contribution is 2.37. The molecule has 0 spiro atoms. The number of imidazole rings is 1. The van der Waals surface area contributed by atoms with Gasteiger partial charge in [0.1, 0.15) is 0 Å². The van der Waals surface area contributed by atoms with Crippen LogP contribution in [0.4, 0.5) is 0 Å². The van der Waals surface area contributed by atoms with Crippen LogP contribution in [0.15, 0.2) is 30.3 Å². The Bertz CT molecular complexity index is 1090. The van der Waals surface area contributed by atoms with Crippen molar-refractivity contribution in [3.63, 3.8) is 0 Å². The summed E-state index contributed by atoms with van der Waals surface area (Å²) in [7, 11) is 2.21. The van der Waals surface area contributed by atoms with E-state index in [0.29, 0.717) is 6.04 Å². The molecule has 1 aromatic carbocycles. The third kappa shape index (κ3) is 3.75. The van der Waals surface area contributed by atoms with Crippen molar-refractivity contribution in [2.45, 2.75) is 45.7 Å². The highest BCUT2D eigenvalue weighted by Gasteiger charge is 2.29. The summed E-state index contributed by atoms with van der Waals surface area (Å²) in [4.78, 5) is 29.6. The number of hydrogen-bond acceptors (Lipinski definition) is 4. The van der Waals surface area contributed by atoms with E-state index in [0.717, 1.165) is 59.1 Å². The lowest BCUT2D eigenvalue weighted by Crippen LogP contribution is -2.45. The molecule has 2 aliphatic rings. The summed E-state index contributed by atoms with van der Waals surface area (Å²) in [5, 5.41) is 0. The zero-order chi connectivity index (χ0) is 21.5. The Morgan fingerprint density at radius 3 is 2.55 bits per heavy atom. The number of carbonyl (C=O) groups excluding carboxylic acids is 1. The van der Waals surface area contributed by atoms with Gasteiger partial charge in [-0.05, 0) is 52.4 Å². The molecule has 1 saturated heterocycles. The maximum Gasteiger partial charge on any atom is 0.162 e. The normalized spacial score (nSPS) is 18.3. The van der Waals surface area contributed by atoms with Gasteiger partial charge in [-0.1, -0.05) is 30.3 Å². The van der Waals surface area contributed by atoms with E-state index in [1.54, 1.807) is 6.92 Å². The van der Waals surface area contributed by atoms with Gasteiger partial charge in [-0.2, -0.15) is 0 Å². The van der Waals surface area contributed by atoms with Gasteiger partial charge < -0.3 is 14.9 Å². The summed E-state index contributed by atoms with van der Waals surface area (Å²) >= 11 is 0. The Kier molecular flexibility index (Phi) is 5.28. The van der Waals surface area contributed by atoms with Crippen molar-refractivity contribution in [3.05, 3.63) is 53.0 Å². The van der Waals surface area contributed by atoms with Crippen LogP contribution in [0.1, 0.15) is 47.2 Å². The standard InChI is InChI=1S/C25H31N5O/c1-16-22(17(2)31)23(18-7-5-4-6-8-18)24(26-16)25-27-20-11-14-30(15-21(20)28-25)19-9-12-29(3)13-10-19/h4-8,19,26H,9-15H2,1-3H3,(H,27,28). The minimum absolute atomic E-state index is 0.0728. The van der Waals surface area contributed by atoms with E-state index in [2.05, 4.69) is 38.9 Å². The SMILES string of the molecule is CC(=O)c1c(C)[nH]c(-c2nc3c([nH]2)CN(C2CCN(C)CC2)CC3)c1-c1ccccc1. The Hall–Kier alpha value is -2.70. The second-order valence-electron chi connectivity index (χ2n) is 9.06. The molecule has 2 aliphatic heterocycles. The van der Waals surface area contributed by atoms with Crippen LogP contribution in [-0.4, -0.2) is 63.3 Å². The number of benzene rings is 1. The van der Waals surface area contributed by atoms with Crippen molar-refractivity contribution in [2.24, 2.45) is 0 Å². The smallest absolute Gasteiger partial charge is 0.162 e. The number of nitrogens with one attached hydrogen (secondary N) is 2. The molecular formula is C25H31N5O. The van der Waals surface area contributed by atoms with Crippen molar-refractivity contribution in [2.75, 3.05) is 26.7 Å². The molecule has 0 atom stereocenters. The van der Waals surface area contributed by atoms with Gasteiger partial charge in [0.25, 0.3) is 0 Å². The number of rotatable bonds is 4. The molecule has 0 bridgehead atoms. The van der Waals surface area contributed by atoms with Crippen LogP contribution in [0.2, 0.25) is 0 Å². The lowest BCUT2D eigenvalue weighted by atomic mass is 9.98. The molecule has 31 heavy (non-hydrogen) atoms. The number of fused-ring (bicyclic) bond motifs is 1. The number of likely N-dealkylation sites (tertiary alicyclic amines) is 1. The Labute approximate surface area is 183 Å². The number of ketones is 1. The maximum atomic E-state index is 12.5. The van der Waals surface area contributed by atoms with Crippen molar-refractivity contribution < 1.29 is 4.79 Å². The van der Waals surface area contributed by atoms with Gasteiger partial charge >= 0.3 is 0 Å². The largest absolute Gasteiger partial charge is 0.355 e. The van der Waals surface area contributed by atoms with E-state index in [1.165, 1.54) is 31.6 Å². The molecule has 1 fully saturated rings. The first-order valence-electron chi connectivity index (χ1n) is 11.3. The lowest BCUT2D eigenvalue weighted by Gasteiger charge is -2.38. The highest BCUT2D eigenvalue weighted by atomic mass is 16.1. The summed E-state index contributed by atoms with van der Waals surface area (Å²) in [5.74, 6) is 0.910. The van der Waals surface area contributed by atoms with Crippen LogP contribution in [0, 0.1) is 6.92 Å². The number of aromatic nitrogens is 3. The van der Waals surface area contributed by atoms with E-state index in [4.69, 9.17) is 4.98 Å². The minimum Gasteiger partial charge on any atom is -0.355 e. The van der Waals surface area contributed by atoms with Crippen molar-refractivity contribution >= 4 is 5.78 Å². The van der Waals surface area contributed by atoms with Gasteiger partial charge in [-0.15, -0.1) is 0 Å². The Balaban J connectivity index is 1.49. The van der Waals surface area contributed by atoms with E-state index in [-0.39, 0.29) is 5.78 Å². The molecule has 162 valence electrons. The summed E-state index contributed by atoms with van der Waals surface area (Å²) in [5.41, 5.74) is 6.92. The van der Waals surface area contributed by atoms with Crippen LogP contribution >= 0.6 is 0 Å². The predicted octanol–water partition coefficient (Wildman–Crippen LogP) is 4.04. The fourth-order valence-electron chi connectivity index (χ4n) is 5.24. The monoisotopic (exact) mass is 417 g/mol. The maximum absolute atomic E-state index is 12.5. The van der Waals surface area contributed by atoms with Gasteiger partial charge in [-0.25, -0.2) is 4.98 Å². The number of carbonyl (C=O) groups is 1. The van der Waals surface area contributed by atoms with E-state index in [9.17, 15) is 4.79 Å². The summed E-state index contributed by atoms with van der Waals surface area (Å²) in [6.45, 7) is 7.96. The molecule has 0 unspecified atom stereocenters. The van der Waals surface area contributed by atoms with Crippen LogP contribution in [0.25, 0.3) is 22.6 Å². The highest BCUT2D eigenvalue weighted by molar-refractivity contribution is 6.05. The van der Waals surface area contributed by atoms with Crippen LogP contribution < -0.4 is 0 Å². The first-order chi connectivity index (χ1) is 15.0. The van der Waals surface area contributed by atoms with E-state index < -0.39 is 0 Å². The molecular weight excluding hydrogens is 386 g/mol. The molecule has 6 heteroatoms. The van der Waals surface area contributed by atoms with Gasteiger partial charge in [0.15, 0.2) is 11.6 Å². The van der Waals surface area contributed by atoms with E-state index >= 15 is 0 Å². The molecule has 0 amide bonds. The number of nitrogens with zero attached hydrogens (tertiary/aromatic N) is 3. The number of aryl methyl sites for hydroxylation is 1. The molecule has 4 heterocycles.